The number of benzene rings is 1. The van der Waals surface area contributed by atoms with E-state index in [0.717, 1.165) is 12.0 Å². The number of halogens is 1. The molecule has 7 heteroatoms. The molecule has 3 rings (SSSR count). The molecule has 124 valence electrons. The third-order valence-corrected chi connectivity index (χ3v) is 4.74. The van der Waals surface area contributed by atoms with E-state index in [0.29, 0.717) is 22.6 Å². The number of anilines is 1. The first-order valence-electron chi connectivity index (χ1n) is 7.58. The van der Waals surface area contributed by atoms with Gasteiger partial charge in [-0.3, -0.25) is 10.1 Å². The average Bonchev–Trinajstić information content (AvgIpc) is 3.07. The van der Waals surface area contributed by atoms with Gasteiger partial charge in [0.1, 0.15) is 11.0 Å². The lowest BCUT2D eigenvalue weighted by Gasteiger charge is -2.10. The number of H-pyrrole nitrogens is 1. The average molecular weight is 344 g/mol. The van der Waals surface area contributed by atoms with Gasteiger partial charge >= 0.3 is 0 Å². The molecule has 0 saturated heterocycles. The summed E-state index contributed by atoms with van der Waals surface area (Å²) in [5.74, 6) is 0.0242. The summed E-state index contributed by atoms with van der Waals surface area (Å²) in [5.41, 5.74) is 2.84. The molecule has 0 aliphatic carbocycles. The van der Waals surface area contributed by atoms with Crippen LogP contribution in [0.3, 0.4) is 0 Å². The van der Waals surface area contributed by atoms with Gasteiger partial charge in [-0.15, -0.1) is 0 Å². The summed E-state index contributed by atoms with van der Waals surface area (Å²) in [6.07, 6.45) is 5.68. The molecule has 1 aromatic carbocycles. The van der Waals surface area contributed by atoms with Gasteiger partial charge in [-0.25, -0.2) is 8.60 Å². The molecule has 0 aliphatic rings. The van der Waals surface area contributed by atoms with Crippen LogP contribution in [0.4, 0.5) is 10.1 Å². The quantitative estimate of drug-likeness (QED) is 0.715. The van der Waals surface area contributed by atoms with Crippen molar-refractivity contribution in [3.8, 4) is 22.4 Å². The lowest BCUT2D eigenvalue weighted by Crippen LogP contribution is -2.09. The van der Waals surface area contributed by atoms with E-state index in [-0.39, 0.29) is 5.69 Å². The maximum atomic E-state index is 14.9. The Bertz CT molecular complexity index is 851. The minimum Gasteiger partial charge on any atom is -0.302 e. The highest BCUT2D eigenvalue weighted by Crippen LogP contribution is 2.34. The maximum Gasteiger partial charge on any atom is 0.155 e. The lowest BCUT2D eigenvalue weighted by molar-refractivity contribution is 0.635. The van der Waals surface area contributed by atoms with Gasteiger partial charge in [-0.05, 0) is 24.6 Å². The fourth-order valence-corrected chi connectivity index (χ4v) is 3.28. The van der Waals surface area contributed by atoms with E-state index in [1.807, 2.05) is 19.1 Å². The Balaban J connectivity index is 2.00. The first kappa shape index (κ1) is 16.3. The Hall–Kier alpha value is -2.54. The summed E-state index contributed by atoms with van der Waals surface area (Å²) in [6.45, 7) is 1.93. The van der Waals surface area contributed by atoms with Crippen molar-refractivity contribution in [2.75, 3.05) is 10.5 Å². The second-order valence-electron chi connectivity index (χ2n) is 5.21. The van der Waals surface area contributed by atoms with E-state index in [2.05, 4.69) is 19.9 Å². The summed E-state index contributed by atoms with van der Waals surface area (Å²) < 4.78 is 29.5. The van der Waals surface area contributed by atoms with Crippen molar-refractivity contribution in [1.29, 1.82) is 0 Å². The van der Waals surface area contributed by atoms with Crippen molar-refractivity contribution in [2.24, 2.45) is 0 Å². The number of aromatic nitrogens is 3. The zero-order chi connectivity index (χ0) is 16.9. The number of rotatable bonds is 6. The fourth-order valence-electron chi connectivity index (χ4n) is 2.41. The van der Waals surface area contributed by atoms with E-state index in [1.54, 1.807) is 36.8 Å². The fraction of sp³-hybridized carbons (Fsp3) is 0.176. The van der Waals surface area contributed by atoms with E-state index in [1.165, 1.54) is 0 Å². The molecule has 0 saturated carbocycles. The van der Waals surface area contributed by atoms with E-state index in [4.69, 9.17) is 0 Å². The van der Waals surface area contributed by atoms with Crippen molar-refractivity contribution in [3.05, 3.63) is 54.7 Å². The Morgan fingerprint density at radius 1 is 1.21 bits per heavy atom. The normalized spacial score (nSPS) is 12.1. The molecule has 0 amide bonds. The minimum atomic E-state index is -1.30. The Kier molecular flexibility index (Phi) is 5.00. The van der Waals surface area contributed by atoms with Crippen LogP contribution in [-0.4, -0.2) is 25.1 Å². The van der Waals surface area contributed by atoms with Crippen LogP contribution in [0.15, 0.2) is 48.9 Å². The Morgan fingerprint density at radius 2 is 2.00 bits per heavy atom. The molecule has 2 heterocycles. The molecule has 2 N–H and O–H groups in total. The topological polar surface area (TPSA) is 70.7 Å². The number of pyridine rings is 1. The first-order chi connectivity index (χ1) is 11.7. The van der Waals surface area contributed by atoms with Crippen LogP contribution in [0.25, 0.3) is 22.4 Å². The molecule has 24 heavy (non-hydrogen) atoms. The van der Waals surface area contributed by atoms with Crippen LogP contribution in [0, 0.1) is 5.82 Å². The largest absolute Gasteiger partial charge is 0.302 e. The van der Waals surface area contributed by atoms with Crippen molar-refractivity contribution in [1.82, 2.24) is 15.2 Å². The van der Waals surface area contributed by atoms with Gasteiger partial charge in [0.25, 0.3) is 0 Å². The summed E-state index contributed by atoms with van der Waals surface area (Å²) in [5, 5.41) is 6.95. The van der Waals surface area contributed by atoms with E-state index in [9.17, 15) is 8.60 Å². The third kappa shape index (κ3) is 3.35. The van der Waals surface area contributed by atoms with E-state index >= 15 is 0 Å². The summed E-state index contributed by atoms with van der Waals surface area (Å²) >= 11 is 0. The number of nitrogens with zero attached hydrogens (tertiary/aromatic N) is 2. The number of aromatic amines is 1. The van der Waals surface area contributed by atoms with Crippen LogP contribution >= 0.6 is 0 Å². The molecule has 3 aromatic rings. The molecule has 5 nitrogen and oxygen atoms in total. The Morgan fingerprint density at radius 3 is 2.75 bits per heavy atom. The molecule has 1 unspecified atom stereocenters. The minimum absolute atomic E-state index is 0.223. The zero-order valence-corrected chi connectivity index (χ0v) is 13.9. The lowest BCUT2D eigenvalue weighted by atomic mass is 10.0. The monoisotopic (exact) mass is 344 g/mol. The Labute approximate surface area is 141 Å². The van der Waals surface area contributed by atoms with Gasteiger partial charge in [-0.1, -0.05) is 19.1 Å². The first-order valence-corrected chi connectivity index (χ1v) is 8.90. The van der Waals surface area contributed by atoms with Gasteiger partial charge in [-0.2, -0.15) is 5.10 Å². The predicted molar refractivity (Wildman–Crippen MR) is 94.1 cm³/mol. The molecule has 0 spiro atoms. The molecule has 0 aliphatic heterocycles. The van der Waals surface area contributed by atoms with Crippen molar-refractivity contribution < 1.29 is 8.60 Å². The van der Waals surface area contributed by atoms with Crippen LogP contribution < -0.4 is 4.72 Å². The van der Waals surface area contributed by atoms with Crippen LogP contribution in [-0.2, 0) is 11.0 Å². The smallest absolute Gasteiger partial charge is 0.155 e. The van der Waals surface area contributed by atoms with Gasteiger partial charge in [0.05, 0.1) is 17.6 Å². The van der Waals surface area contributed by atoms with Gasteiger partial charge in [0.15, 0.2) is 5.82 Å². The standard InChI is InChI=1S/C17H17FN4OS/c1-2-10-24(23)22-15-5-3-4-13(16(15)18)14-11-20-21-17(14)12-6-8-19-9-7-12/h3-9,11,22H,2,10H2,1H3,(H,20,21). The summed E-state index contributed by atoms with van der Waals surface area (Å²) in [6, 6.07) is 8.64. The van der Waals surface area contributed by atoms with Crippen LogP contribution in [0.5, 0.6) is 0 Å². The SMILES string of the molecule is CCCS(=O)Nc1cccc(-c2cn[nH]c2-c2ccncc2)c1F. The van der Waals surface area contributed by atoms with E-state index < -0.39 is 16.8 Å². The second-order valence-corrected chi connectivity index (χ2v) is 6.52. The number of hydrogen-bond acceptors (Lipinski definition) is 3. The molecule has 0 bridgehead atoms. The van der Waals surface area contributed by atoms with Gasteiger partial charge < -0.3 is 4.72 Å². The predicted octanol–water partition coefficient (Wildman–Crippen LogP) is 3.76. The van der Waals surface area contributed by atoms with Crippen molar-refractivity contribution >= 4 is 16.7 Å². The highest BCUT2D eigenvalue weighted by Gasteiger charge is 2.16. The van der Waals surface area contributed by atoms with Gasteiger partial charge in [0.2, 0.25) is 0 Å². The molecule has 2 aromatic heterocycles. The molecule has 1 atom stereocenters. The summed E-state index contributed by atoms with van der Waals surface area (Å²) in [7, 11) is -1.30. The highest BCUT2D eigenvalue weighted by molar-refractivity contribution is 7.86. The molecule has 0 fully saturated rings. The van der Waals surface area contributed by atoms with Crippen molar-refractivity contribution in [3.63, 3.8) is 0 Å². The number of nitrogens with one attached hydrogen (secondary N) is 2. The van der Waals surface area contributed by atoms with Crippen molar-refractivity contribution in [2.45, 2.75) is 13.3 Å². The van der Waals surface area contributed by atoms with Crippen LogP contribution in [0.2, 0.25) is 0 Å². The molecular weight excluding hydrogens is 327 g/mol. The maximum absolute atomic E-state index is 14.9. The summed E-state index contributed by atoms with van der Waals surface area (Å²) in [4.78, 5) is 3.99. The number of hydrogen-bond donors (Lipinski definition) is 2. The second kappa shape index (κ2) is 7.35. The highest BCUT2D eigenvalue weighted by atomic mass is 32.2. The zero-order valence-electron chi connectivity index (χ0n) is 13.1. The van der Waals surface area contributed by atoms with Crippen LogP contribution in [0.1, 0.15) is 13.3 Å². The molecule has 0 radical (unpaired) electrons. The van der Waals surface area contributed by atoms with Gasteiger partial charge in [0, 0.05) is 34.8 Å². The third-order valence-electron chi connectivity index (χ3n) is 3.51. The molecular formula is C17H17FN4OS.